The van der Waals surface area contributed by atoms with Crippen molar-refractivity contribution in [2.45, 2.75) is 72.4 Å². The highest BCUT2D eigenvalue weighted by Gasteiger charge is 2.38. The van der Waals surface area contributed by atoms with Crippen LogP contribution >= 0.6 is 0 Å². The van der Waals surface area contributed by atoms with Crippen LogP contribution in [0, 0.1) is 23.0 Å². The SMILES string of the molecule is CC(=O)CCCC(=O)NCC(=O)CC(CCN(C(=O)CO)C(c1cc(-c2cc(F)ccc2F)cn1Cc1ccccc1)C(C)(C)C)C(=O)O. The maximum atomic E-state index is 15.0. The third-order valence-corrected chi connectivity index (χ3v) is 8.19. The van der Waals surface area contributed by atoms with Crippen LogP contribution in [0.5, 0.6) is 0 Å². The van der Waals surface area contributed by atoms with Crippen molar-refractivity contribution in [1.29, 1.82) is 0 Å². The van der Waals surface area contributed by atoms with Gasteiger partial charge in [0.15, 0.2) is 5.78 Å². The molecule has 12 heteroatoms. The number of amides is 2. The highest BCUT2D eigenvalue weighted by molar-refractivity contribution is 5.88. The molecule has 0 saturated carbocycles. The lowest BCUT2D eigenvalue weighted by molar-refractivity contribution is -0.146. The molecule has 1 aromatic heterocycles. The van der Waals surface area contributed by atoms with Gasteiger partial charge in [-0.05, 0) is 55.0 Å². The summed E-state index contributed by atoms with van der Waals surface area (Å²) in [7, 11) is 0. The molecule has 0 spiro atoms. The summed E-state index contributed by atoms with van der Waals surface area (Å²) >= 11 is 0. The molecule has 1 heterocycles. The summed E-state index contributed by atoms with van der Waals surface area (Å²) in [6, 6.07) is 13.4. The summed E-state index contributed by atoms with van der Waals surface area (Å²) in [5, 5.41) is 22.5. The number of benzene rings is 2. The first kappa shape index (κ1) is 38.7. The Morgan fingerprint density at radius 1 is 0.980 bits per heavy atom. The molecule has 0 aliphatic rings. The van der Waals surface area contributed by atoms with Gasteiger partial charge in [0.2, 0.25) is 11.8 Å². The third kappa shape index (κ3) is 11.4. The molecule has 264 valence electrons. The van der Waals surface area contributed by atoms with Gasteiger partial charge in [-0.1, -0.05) is 51.1 Å². The van der Waals surface area contributed by atoms with E-state index >= 15 is 0 Å². The number of carbonyl (C=O) groups excluding carboxylic acids is 4. The summed E-state index contributed by atoms with van der Waals surface area (Å²) in [6.45, 7) is 5.94. The molecule has 2 aromatic carbocycles. The lowest BCUT2D eigenvalue weighted by Crippen LogP contribution is -2.44. The maximum Gasteiger partial charge on any atom is 0.307 e. The van der Waals surface area contributed by atoms with Gasteiger partial charge in [0.05, 0.1) is 18.5 Å². The molecule has 0 saturated heterocycles. The van der Waals surface area contributed by atoms with Crippen LogP contribution in [0.25, 0.3) is 11.1 Å². The second-order valence-corrected chi connectivity index (χ2v) is 13.3. The van der Waals surface area contributed by atoms with Crippen molar-refractivity contribution in [1.82, 2.24) is 14.8 Å². The Kier molecular flexibility index (Phi) is 13.9. The number of rotatable bonds is 18. The minimum atomic E-state index is -1.26. The molecule has 10 nitrogen and oxygen atoms in total. The average molecular weight is 682 g/mol. The molecule has 3 rings (SSSR count). The number of aliphatic hydroxyl groups excluding tert-OH is 1. The van der Waals surface area contributed by atoms with Gasteiger partial charge in [-0.15, -0.1) is 0 Å². The van der Waals surface area contributed by atoms with E-state index in [0.717, 1.165) is 23.8 Å². The zero-order valence-electron chi connectivity index (χ0n) is 28.4. The van der Waals surface area contributed by atoms with E-state index in [4.69, 9.17) is 0 Å². The first-order valence-electron chi connectivity index (χ1n) is 16.2. The van der Waals surface area contributed by atoms with Crippen LogP contribution in [-0.4, -0.2) is 68.7 Å². The molecule has 49 heavy (non-hydrogen) atoms. The second kappa shape index (κ2) is 17.6. The van der Waals surface area contributed by atoms with Crippen LogP contribution in [-0.2, 0) is 30.5 Å². The predicted octanol–water partition coefficient (Wildman–Crippen LogP) is 5.32. The summed E-state index contributed by atoms with van der Waals surface area (Å²) in [4.78, 5) is 62.9. The number of hydrogen-bond donors (Lipinski definition) is 3. The van der Waals surface area contributed by atoms with Crippen molar-refractivity contribution < 1.29 is 43.0 Å². The molecular weight excluding hydrogens is 636 g/mol. The Morgan fingerprint density at radius 3 is 2.29 bits per heavy atom. The van der Waals surface area contributed by atoms with E-state index in [2.05, 4.69) is 5.32 Å². The van der Waals surface area contributed by atoms with Crippen LogP contribution in [0.4, 0.5) is 8.78 Å². The van der Waals surface area contributed by atoms with E-state index < -0.39 is 65.6 Å². The van der Waals surface area contributed by atoms with Crippen LogP contribution in [0.1, 0.15) is 77.1 Å². The Labute approximate surface area is 285 Å². The van der Waals surface area contributed by atoms with Gasteiger partial charge in [0.1, 0.15) is 24.0 Å². The smallest absolute Gasteiger partial charge is 0.307 e. The number of nitrogens with zero attached hydrogens (tertiary/aromatic N) is 2. The molecule has 0 aliphatic heterocycles. The van der Waals surface area contributed by atoms with E-state index in [-0.39, 0.29) is 43.7 Å². The van der Waals surface area contributed by atoms with Crippen LogP contribution < -0.4 is 5.32 Å². The fourth-order valence-electron chi connectivity index (χ4n) is 5.84. The van der Waals surface area contributed by atoms with Gasteiger partial charge in [-0.3, -0.25) is 19.2 Å². The lowest BCUT2D eigenvalue weighted by Gasteiger charge is -2.41. The van der Waals surface area contributed by atoms with E-state index in [9.17, 15) is 43.0 Å². The zero-order chi connectivity index (χ0) is 36.3. The molecule has 0 fully saturated rings. The summed E-state index contributed by atoms with van der Waals surface area (Å²) in [6.07, 6.45) is 1.76. The molecule has 2 unspecified atom stereocenters. The lowest BCUT2D eigenvalue weighted by atomic mass is 9.82. The number of aromatic nitrogens is 1. The average Bonchev–Trinajstić information content (AvgIpc) is 3.43. The highest BCUT2D eigenvalue weighted by Crippen LogP contribution is 2.41. The van der Waals surface area contributed by atoms with Crippen LogP contribution in [0.3, 0.4) is 0 Å². The van der Waals surface area contributed by atoms with Gasteiger partial charge in [-0.2, -0.15) is 0 Å². The minimum Gasteiger partial charge on any atom is -0.481 e. The van der Waals surface area contributed by atoms with E-state index in [0.29, 0.717) is 24.2 Å². The fraction of sp³-hybridized carbons (Fsp3) is 0.432. The largest absolute Gasteiger partial charge is 0.481 e. The monoisotopic (exact) mass is 681 g/mol. The van der Waals surface area contributed by atoms with Crippen molar-refractivity contribution in [2.24, 2.45) is 11.3 Å². The number of halogens is 2. The second-order valence-electron chi connectivity index (χ2n) is 13.3. The normalized spacial score (nSPS) is 12.6. The van der Waals surface area contributed by atoms with Gasteiger partial charge in [0.25, 0.3) is 0 Å². The summed E-state index contributed by atoms with van der Waals surface area (Å²) in [5.41, 5.74) is 1.12. The Hall–Kier alpha value is -4.71. The zero-order valence-corrected chi connectivity index (χ0v) is 28.4. The molecule has 3 aromatic rings. The fourth-order valence-corrected chi connectivity index (χ4v) is 5.84. The van der Waals surface area contributed by atoms with Gasteiger partial charge in [-0.25, -0.2) is 8.78 Å². The standard InChI is InChI=1S/C37H45F2N3O7/c1-24(44)9-8-12-33(46)40-20-29(45)17-26(36(48)49)15-16-42(34(47)23-43)35(37(2,3)4)32-18-27(30-19-28(38)13-14-31(30)39)22-41(32)21-25-10-6-5-7-11-25/h5-7,10-11,13-14,18-19,22,26,35,43H,8-9,12,15-17,20-21,23H2,1-4H3,(H,40,46)(H,48,49). The number of carboxylic acid groups (broad SMARTS) is 1. The maximum absolute atomic E-state index is 15.0. The van der Waals surface area contributed by atoms with Crippen LogP contribution in [0.2, 0.25) is 0 Å². The molecule has 2 amide bonds. The summed E-state index contributed by atoms with van der Waals surface area (Å²) < 4.78 is 31.1. The minimum absolute atomic E-state index is 0.0242. The van der Waals surface area contributed by atoms with Crippen molar-refractivity contribution in [3.05, 3.63) is 83.7 Å². The Bertz CT molecular complexity index is 1630. The van der Waals surface area contributed by atoms with Gasteiger partial charge >= 0.3 is 5.97 Å². The number of ketones is 2. The summed E-state index contributed by atoms with van der Waals surface area (Å²) in [5.74, 6) is -5.41. The van der Waals surface area contributed by atoms with Crippen molar-refractivity contribution >= 4 is 29.4 Å². The number of carbonyl (C=O) groups is 5. The number of carboxylic acids is 1. The molecule has 0 radical (unpaired) electrons. The predicted molar refractivity (Wildman–Crippen MR) is 179 cm³/mol. The molecule has 0 bridgehead atoms. The molecular formula is C37H45F2N3O7. The van der Waals surface area contributed by atoms with E-state index in [1.165, 1.54) is 11.8 Å². The Morgan fingerprint density at radius 2 is 1.67 bits per heavy atom. The molecule has 3 N–H and O–H groups in total. The first-order valence-corrected chi connectivity index (χ1v) is 16.2. The number of hydrogen-bond acceptors (Lipinski definition) is 6. The van der Waals surface area contributed by atoms with Crippen molar-refractivity contribution in [3.63, 3.8) is 0 Å². The van der Waals surface area contributed by atoms with E-state index in [1.807, 2.05) is 55.7 Å². The highest BCUT2D eigenvalue weighted by atomic mass is 19.1. The first-order chi connectivity index (χ1) is 23.1. The van der Waals surface area contributed by atoms with Crippen LogP contribution in [0.15, 0.2) is 60.8 Å². The van der Waals surface area contributed by atoms with Gasteiger partial charge in [0, 0.05) is 55.4 Å². The third-order valence-electron chi connectivity index (χ3n) is 8.19. The van der Waals surface area contributed by atoms with Crippen molar-refractivity contribution in [2.75, 3.05) is 19.7 Å². The molecule has 0 aliphatic carbocycles. The number of Topliss-reactive ketones (excluding diaryl/α,β-unsaturated/α-hetero) is 2. The topological polar surface area (TPSA) is 146 Å². The number of nitrogens with one attached hydrogen (secondary N) is 1. The quantitative estimate of drug-likeness (QED) is 0.165. The number of aliphatic carboxylic acids is 1. The van der Waals surface area contributed by atoms with E-state index in [1.54, 1.807) is 12.3 Å². The van der Waals surface area contributed by atoms with Gasteiger partial charge < -0.3 is 29.8 Å². The van der Waals surface area contributed by atoms with Crippen molar-refractivity contribution in [3.8, 4) is 11.1 Å². The number of aliphatic hydroxyl groups is 1. The Balaban J connectivity index is 1.93. The molecule has 2 atom stereocenters.